The number of H-pyrrole nitrogens is 1. The lowest BCUT2D eigenvalue weighted by Gasteiger charge is -1.92. The molecule has 0 unspecified atom stereocenters. The highest BCUT2D eigenvalue weighted by Crippen LogP contribution is 2.23. The molecule has 0 aliphatic carbocycles. The Labute approximate surface area is 109 Å². The Morgan fingerprint density at radius 2 is 2.05 bits per heavy atom. The van der Waals surface area contributed by atoms with Crippen molar-refractivity contribution < 1.29 is 4.42 Å². The van der Waals surface area contributed by atoms with E-state index in [9.17, 15) is 0 Å². The van der Waals surface area contributed by atoms with Crippen LogP contribution in [0.2, 0.25) is 0 Å². The van der Waals surface area contributed by atoms with Crippen LogP contribution < -0.4 is 5.32 Å². The standard InChI is InChI=1S/C13H13N5O/c1-2-14-13-18-17-12(19-13)11-8-10(15-16-11)9-6-4-3-5-7-9/h3-8H,2H2,1H3,(H,14,18)(H,15,16). The van der Waals surface area contributed by atoms with Crippen molar-refractivity contribution in [1.82, 2.24) is 20.4 Å². The number of nitrogens with one attached hydrogen (secondary N) is 2. The Balaban J connectivity index is 1.88. The zero-order chi connectivity index (χ0) is 13.1. The van der Waals surface area contributed by atoms with E-state index < -0.39 is 0 Å². The van der Waals surface area contributed by atoms with Gasteiger partial charge in [-0.2, -0.15) is 5.10 Å². The third-order valence-electron chi connectivity index (χ3n) is 2.63. The molecule has 2 N–H and O–H groups in total. The van der Waals surface area contributed by atoms with Gasteiger partial charge in [-0.05, 0) is 13.0 Å². The van der Waals surface area contributed by atoms with Gasteiger partial charge in [0.15, 0.2) is 0 Å². The number of aromatic nitrogens is 4. The summed E-state index contributed by atoms with van der Waals surface area (Å²) >= 11 is 0. The van der Waals surface area contributed by atoms with Crippen molar-refractivity contribution >= 4 is 6.01 Å². The minimum atomic E-state index is 0.411. The molecular weight excluding hydrogens is 242 g/mol. The molecule has 6 heteroatoms. The Morgan fingerprint density at radius 1 is 1.21 bits per heavy atom. The largest absolute Gasteiger partial charge is 0.402 e. The van der Waals surface area contributed by atoms with Gasteiger partial charge in [-0.1, -0.05) is 35.4 Å². The molecule has 2 heterocycles. The molecule has 0 saturated heterocycles. The Hall–Kier alpha value is -2.63. The number of benzene rings is 1. The van der Waals surface area contributed by atoms with Crippen LogP contribution in [0, 0.1) is 0 Å². The first-order chi connectivity index (χ1) is 9.36. The zero-order valence-corrected chi connectivity index (χ0v) is 10.4. The zero-order valence-electron chi connectivity index (χ0n) is 10.4. The Bertz CT molecular complexity index is 658. The predicted molar refractivity (Wildman–Crippen MR) is 71.5 cm³/mol. The summed E-state index contributed by atoms with van der Waals surface area (Å²) in [5.41, 5.74) is 2.59. The van der Waals surface area contributed by atoms with Crippen molar-refractivity contribution in [2.75, 3.05) is 11.9 Å². The summed E-state index contributed by atoms with van der Waals surface area (Å²) in [6, 6.07) is 12.2. The molecule has 3 aromatic rings. The highest BCUT2D eigenvalue weighted by atomic mass is 16.4. The highest BCUT2D eigenvalue weighted by Gasteiger charge is 2.11. The lowest BCUT2D eigenvalue weighted by Crippen LogP contribution is -1.95. The summed E-state index contributed by atoms with van der Waals surface area (Å²) < 4.78 is 5.45. The van der Waals surface area contributed by atoms with Crippen LogP contribution in [0.1, 0.15) is 6.92 Å². The molecule has 0 aliphatic rings. The van der Waals surface area contributed by atoms with E-state index in [1.807, 2.05) is 43.3 Å². The lowest BCUT2D eigenvalue weighted by atomic mass is 10.1. The third kappa shape index (κ3) is 2.33. The first-order valence-electron chi connectivity index (χ1n) is 6.05. The van der Waals surface area contributed by atoms with Gasteiger partial charge >= 0.3 is 6.01 Å². The Morgan fingerprint density at radius 3 is 2.84 bits per heavy atom. The van der Waals surface area contributed by atoms with Crippen LogP contribution in [0.4, 0.5) is 6.01 Å². The average molecular weight is 255 g/mol. The first kappa shape index (κ1) is 11.5. The van der Waals surface area contributed by atoms with Crippen LogP contribution in [0.5, 0.6) is 0 Å². The summed E-state index contributed by atoms with van der Waals surface area (Å²) in [5, 5.41) is 18.0. The maximum Gasteiger partial charge on any atom is 0.315 e. The molecule has 0 saturated carbocycles. The van der Waals surface area contributed by atoms with Crippen molar-refractivity contribution in [2.24, 2.45) is 0 Å². The van der Waals surface area contributed by atoms with Gasteiger partial charge in [0.2, 0.25) is 0 Å². The molecular formula is C13H13N5O. The summed E-state index contributed by atoms with van der Waals surface area (Å²) in [7, 11) is 0. The van der Waals surface area contributed by atoms with E-state index in [2.05, 4.69) is 25.7 Å². The molecule has 2 aromatic heterocycles. The first-order valence-corrected chi connectivity index (χ1v) is 6.05. The van der Waals surface area contributed by atoms with E-state index in [1.165, 1.54) is 0 Å². The lowest BCUT2D eigenvalue weighted by molar-refractivity contribution is 0.580. The number of hydrogen-bond acceptors (Lipinski definition) is 5. The fourth-order valence-corrected chi connectivity index (χ4v) is 1.74. The SMILES string of the molecule is CCNc1nnc(-c2cc(-c3ccccc3)n[nH]2)o1. The second-order valence-corrected chi connectivity index (χ2v) is 3.98. The minimum absolute atomic E-state index is 0.411. The van der Waals surface area contributed by atoms with E-state index in [0.717, 1.165) is 17.8 Å². The Kier molecular flexibility index (Phi) is 2.97. The van der Waals surface area contributed by atoms with Crippen LogP contribution in [0.3, 0.4) is 0 Å². The number of anilines is 1. The molecule has 0 fully saturated rings. The van der Waals surface area contributed by atoms with Gasteiger partial charge in [-0.25, -0.2) is 0 Å². The molecule has 0 radical (unpaired) electrons. The van der Waals surface area contributed by atoms with Crippen LogP contribution >= 0.6 is 0 Å². The molecule has 0 atom stereocenters. The van der Waals surface area contributed by atoms with Crippen LogP contribution in [-0.4, -0.2) is 26.9 Å². The molecule has 3 rings (SSSR count). The number of hydrogen-bond donors (Lipinski definition) is 2. The van der Waals surface area contributed by atoms with Gasteiger partial charge in [0.25, 0.3) is 5.89 Å². The highest BCUT2D eigenvalue weighted by molar-refractivity contribution is 5.64. The molecule has 0 amide bonds. The van der Waals surface area contributed by atoms with E-state index in [-0.39, 0.29) is 0 Å². The molecule has 0 spiro atoms. The van der Waals surface area contributed by atoms with Gasteiger partial charge in [0.05, 0.1) is 5.69 Å². The van der Waals surface area contributed by atoms with Crippen molar-refractivity contribution in [1.29, 1.82) is 0 Å². The summed E-state index contributed by atoms with van der Waals surface area (Å²) in [4.78, 5) is 0. The van der Waals surface area contributed by atoms with E-state index in [0.29, 0.717) is 17.6 Å². The molecule has 19 heavy (non-hydrogen) atoms. The average Bonchev–Trinajstić information content (AvgIpc) is 3.08. The topological polar surface area (TPSA) is 79.6 Å². The number of rotatable bonds is 4. The van der Waals surface area contributed by atoms with Gasteiger partial charge in [0.1, 0.15) is 5.69 Å². The molecule has 96 valence electrons. The van der Waals surface area contributed by atoms with Crippen molar-refractivity contribution in [3.05, 3.63) is 36.4 Å². The second kappa shape index (κ2) is 4.93. The quantitative estimate of drug-likeness (QED) is 0.749. The monoisotopic (exact) mass is 255 g/mol. The third-order valence-corrected chi connectivity index (χ3v) is 2.63. The number of nitrogens with zero attached hydrogens (tertiary/aromatic N) is 3. The fourth-order valence-electron chi connectivity index (χ4n) is 1.74. The summed E-state index contributed by atoms with van der Waals surface area (Å²) in [6.07, 6.45) is 0. The molecule has 1 aromatic carbocycles. The van der Waals surface area contributed by atoms with Crippen molar-refractivity contribution in [2.45, 2.75) is 6.92 Å². The van der Waals surface area contributed by atoms with E-state index in [1.54, 1.807) is 0 Å². The van der Waals surface area contributed by atoms with Crippen LogP contribution in [0.15, 0.2) is 40.8 Å². The van der Waals surface area contributed by atoms with Crippen LogP contribution in [0.25, 0.3) is 22.8 Å². The van der Waals surface area contributed by atoms with Gasteiger partial charge in [0, 0.05) is 12.1 Å². The fraction of sp³-hybridized carbons (Fsp3) is 0.154. The molecule has 0 aliphatic heterocycles. The summed E-state index contributed by atoms with van der Waals surface area (Å²) in [6.45, 7) is 2.70. The van der Waals surface area contributed by atoms with Gasteiger partial charge in [-0.3, -0.25) is 5.10 Å². The normalized spacial score (nSPS) is 10.6. The van der Waals surface area contributed by atoms with E-state index in [4.69, 9.17) is 4.42 Å². The summed E-state index contributed by atoms with van der Waals surface area (Å²) in [5.74, 6) is 0.422. The maximum absolute atomic E-state index is 5.45. The smallest absolute Gasteiger partial charge is 0.315 e. The van der Waals surface area contributed by atoms with Gasteiger partial charge < -0.3 is 9.73 Å². The number of aromatic amines is 1. The second-order valence-electron chi connectivity index (χ2n) is 3.98. The van der Waals surface area contributed by atoms with Crippen molar-refractivity contribution in [3.8, 4) is 22.8 Å². The predicted octanol–water partition coefficient (Wildman–Crippen LogP) is 2.56. The minimum Gasteiger partial charge on any atom is -0.402 e. The van der Waals surface area contributed by atoms with E-state index >= 15 is 0 Å². The van der Waals surface area contributed by atoms with Crippen molar-refractivity contribution in [3.63, 3.8) is 0 Å². The van der Waals surface area contributed by atoms with Gasteiger partial charge in [-0.15, -0.1) is 5.10 Å². The maximum atomic E-state index is 5.45. The van der Waals surface area contributed by atoms with Crippen LogP contribution in [-0.2, 0) is 0 Å². The molecule has 6 nitrogen and oxygen atoms in total. The molecule has 0 bridgehead atoms.